The van der Waals surface area contributed by atoms with Gasteiger partial charge in [-0.15, -0.1) is 11.3 Å². The maximum Gasteiger partial charge on any atom is 0.412 e. The molecule has 2 heterocycles. The lowest BCUT2D eigenvalue weighted by Crippen LogP contribution is -2.38. The van der Waals surface area contributed by atoms with E-state index in [-0.39, 0.29) is 23.4 Å². The van der Waals surface area contributed by atoms with Crippen LogP contribution in [0.1, 0.15) is 58.0 Å². The summed E-state index contributed by atoms with van der Waals surface area (Å²) in [5, 5.41) is 9.62. The summed E-state index contributed by atoms with van der Waals surface area (Å²) in [6.07, 6.45) is 4.00. The quantitative estimate of drug-likeness (QED) is 0.809. The van der Waals surface area contributed by atoms with Gasteiger partial charge in [-0.05, 0) is 18.9 Å². The third kappa shape index (κ3) is 3.13. The lowest BCUT2D eigenvalue weighted by atomic mass is 9.69. The minimum Gasteiger partial charge on any atom is -0.465 e. The van der Waals surface area contributed by atoms with E-state index in [2.05, 4.69) is 32.7 Å². The van der Waals surface area contributed by atoms with Crippen molar-refractivity contribution in [2.24, 2.45) is 4.99 Å². The lowest BCUT2D eigenvalue weighted by molar-refractivity contribution is -0.115. The topological polar surface area (TPSA) is 86.1 Å². The molecule has 7 nitrogen and oxygen atoms in total. The van der Waals surface area contributed by atoms with E-state index in [1.165, 1.54) is 40.3 Å². The highest BCUT2D eigenvalue weighted by molar-refractivity contribution is 7.16. The molecule has 0 bridgehead atoms. The zero-order valence-corrected chi connectivity index (χ0v) is 16.6. The van der Waals surface area contributed by atoms with Crippen LogP contribution in [-0.4, -0.2) is 39.5 Å². The Morgan fingerprint density at radius 3 is 2.38 bits per heavy atom. The van der Waals surface area contributed by atoms with Gasteiger partial charge >= 0.3 is 6.09 Å². The van der Waals surface area contributed by atoms with Crippen LogP contribution >= 0.6 is 11.3 Å². The molecule has 0 saturated carbocycles. The van der Waals surface area contributed by atoms with Gasteiger partial charge in [-0.3, -0.25) is 9.69 Å². The van der Waals surface area contributed by atoms with Gasteiger partial charge in [-0.2, -0.15) is 0 Å². The monoisotopic (exact) mass is 376 g/mol. The summed E-state index contributed by atoms with van der Waals surface area (Å²) in [5.41, 5.74) is 1.03. The molecule has 0 unspecified atom stereocenters. The molecular weight excluding hydrogens is 352 g/mol. The van der Waals surface area contributed by atoms with Gasteiger partial charge in [0.25, 0.3) is 0 Å². The molecule has 0 atom stereocenters. The summed E-state index contributed by atoms with van der Waals surface area (Å²) in [7, 11) is 0. The molecule has 2 amide bonds. The standard InChI is InChI=1S/C18H24N4O3S/c1-11(23)22(12-6-9-21(10-19-12)16(24)25)15-20-13-14(26-15)18(4,5)8-7-17(13,2)3/h6,9H,7-8,10H2,1-5H3,(H,24,25). The Morgan fingerprint density at radius 2 is 1.88 bits per heavy atom. The molecule has 1 aliphatic heterocycles. The number of thiazole rings is 1. The Kier molecular flexibility index (Phi) is 4.42. The van der Waals surface area contributed by atoms with E-state index < -0.39 is 6.09 Å². The predicted molar refractivity (Wildman–Crippen MR) is 102 cm³/mol. The molecule has 0 spiro atoms. The molecule has 26 heavy (non-hydrogen) atoms. The Balaban J connectivity index is 2.02. The average Bonchev–Trinajstić information content (AvgIpc) is 3.00. The smallest absolute Gasteiger partial charge is 0.412 e. The van der Waals surface area contributed by atoms with Crippen LogP contribution in [0.3, 0.4) is 0 Å². The van der Waals surface area contributed by atoms with Crippen LogP contribution in [0.4, 0.5) is 9.93 Å². The lowest BCUT2D eigenvalue weighted by Gasteiger charge is -2.37. The van der Waals surface area contributed by atoms with Crippen molar-refractivity contribution in [2.75, 3.05) is 11.6 Å². The van der Waals surface area contributed by atoms with Gasteiger partial charge < -0.3 is 5.11 Å². The number of hydrogen-bond donors (Lipinski definition) is 1. The number of carboxylic acid groups (broad SMARTS) is 1. The molecule has 140 valence electrons. The molecule has 1 N–H and O–H groups in total. The molecular formula is C18H24N4O3S. The summed E-state index contributed by atoms with van der Waals surface area (Å²) >= 11 is 1.53. The molecule has 0 saturated heterocycles. The normalized spacial score (nSPS) is 20.3. The number of aromatic nitrogens is 1. The second-order valence-electron chi connectivity index (χ2n) is 8.02. The Hall–Kier alpha value is -2.22. The third-order valence-electron chi connectivity index (χ3n) is 5.02. The predicted octanol–water partition coefficient (Wildman–Crippen LogP) is 3.71. The van der Waals surface area contributed by atoms with Crippen molar-refractivity contribution in [3.63, 3.8) is 0 Å². The third-order valence-corrected chi connectivity index (χ3v) is 6.42. The summed E-state index contributed by atoms with van der Waals surface area (Å²) in [6.45, 7) is 10.2. The number of amides is 2. The largest absolute Gasteiger partial charge is 0.465 e. The van der Waals surface area contributed by atoms with Crippen LogP contribution < -0.4 is 4.90 Å². The number of rotatable bonds is 1. The van der Waals surface area contributed by atoms with Gasteiger partial charge in [0.05, 0.1) is 5.69 Å². The maximum atomic E-state index is 12.3. The van der Waals surface area contributed by atoms with Crippen LogP contribution in [0.5, 0.6) is 0 Å². The van der Waals surface area contributed by atoms with Crippen molar-refractivity contribution >= 4 is 34.3 Å². The maximum absolute atomic E-state index is 12.3. The van der Waals surface area contributed by atoms with Crippen molar-refractivity contribution in [2.45, 2.75) is 58.3 Å². The number of anilines is 1. The van der Waals surface area contributed by atoms with Crippen LogP contribution in [0.2, 0.25) is 0 Å². The van der Waals surface area contributed by atoms with Gasteiger partial charge in [-0.25, -0.2) is 19.7 Å². The number of aliphatic imine (C=N–C) groups is 1. The summed E-state index contributed by atoms with van der Waals surface area (Å²) < 4.78 is 0. The number of carbonyl (C=O) groups excluding carboxylic acids is 1. The van der Waals surface area contributed by atoms with Crippen LogP contribution in [0.25, 0.3) is 0 Å². The second-order valence-corrected chi connectivity index (χ2v) is 9.00. The van der Waals surface area contributed by atoms with Gasteiger partial charge in [0.1, 0.15) is 12.5 Å². The first-order valence-corrected chi connectivity index (χ1v) is 9.39. The first kappa shape index (κ1) is 18.6. The number of amidine groups is 1. The van der Waals surface area contributed by atoms with E-state index in [4.69, 9.17) is 10.1 Å². The first-order chi connectivity index (χ1) is 12.0. The van der Waals surface area contributed by atoms with E-state index in [1.807, 2.05) is 0 Å². The number of nitrogens with zero attached hydrogens (tertiary/aromatic N) is 4. The van der Waals surface area contributed by atoms with Crippen LogP contribution in [-0.2, 0) is 15.6 Å². The van der Waals surface area contributed by atoms with E-state index in [9.17, 15) is 9.59 Å². The Morgan fingerprint density at radius 1 is 1.23 bits per heavy atom. The fourth-order valence-corrected chi connectivity index (χ4v) is 4.68. The Bertz CT molecular complexity index is 789. The van der Waals surface area contributed by atoms with Crippen molar-refractivity contribution in [3.8, 4) is 0 Å². The second kappa shape index (κ2) is 6.19. The number of hydrogen-bond acceptors (Lipinski definition) is 5. The van der Waals surface area contributed by atoms with Crippen molar-refractivity contribution < 1.29 is 14.7 Å². The van der Waals surface area contributed by atoms with Crippen LogP contribution in [0, 0.1) is 0 Å². The minimum atomic E-state index is -1.08. The van der Waals surface area contributed by atoms with E-state index in [0.717, 1.165) is 23.4 Å². The summed E-state index contributed by atoms with van der Waals surface area (Å²) in [6, 6.07) is 0. The molecule has 8 heteroatoms. The highest BCUT2D eigenvalue weighted by atomic mass is 32.1. The number of carbonyl (C=O) groups is 2. The van der Waals surface area contributed by atoms with Crippen molar-refractivity contribution in [1.82, 2.24) is 9.88 Å². The summed E-state index contributed by atoms with van der Waals surface area (Å²) in [5.74, 6) is 0.218. The molecule has 1 aromatic rings. The first-order valence-electron chi connectivity index (χ1n) is 8.58. The molecule has 3 rings (SSSR count). The van der Waals surface area contributed by atoms with E-state index in [0.29, 0.717) is 11.0 Å². The van der Waals surface area contributed by atoms with Gasteiger partial charge in [0.15, 0.2) is 5.13 Å². The van der Waals surface area contributed by atoms with Crippen LogP contribution in [0.15, 0.2) is 17.3 Å². The van der Waals surface area contributed by atoms with Crippen molar-refractivity contribution in [1.29, 1.82) is 0 Å². The average molecular weight is 376 g/mol. The van der Waals surface area contributed by atoms with Gasteiger partial charge in [-0.1, -0.05) is 27.7 Å². The fraction of sp³-hybridized carbons (Fsp3) is 0.556. The minimum absolute atomic E-state index is 0.0214. The van der Waals surface area contributed by atoms with E-state index >= 15 is 0 Å². The molecule has 1 aromatic heterocycles. The highest BCUT2D eigenvalue weighted by Gasteiger charge is 2.41. The summed E-state index contributed by atoms with van der Waals surface area (Å²) in [4.78, 5) is 36.2. The van der Waals surface area contributed by atoms with Crippen molar-refractivity contribution in [3.05, 3.63) is 22.8 Å². The number of fused-ring (bicyclic) bond motifs is 1. The van der Waals surface area contributed by atoms with E-state index in [1.54, 1.807) is 0 Å². The zero-order valence-electron chi connectivity index (χ0n) is 15.7. The molecule has 0 radical (unpaired) electrons. The molecule has 0 aromatic carbocycles. The molecule has 0 fully saturated rings. The highest BCUT2D eigenvalue weighted by Crippen LogP contribution is 2.49. The SMILES string of the molecule is CC(=O)N(C1=NCN(C(=O)O)C=C1)c1nc2c(s1)C(C)(C)CCC2(C)C. The Labute approximate surface area is 157 Å². The molecule has 1 aliphatic carbocycles. The molecule has 2 aliphatic rings. The zero-order chi connectivity index (χ0) is 19.3. The van der Waals surface area contributed by atoms with Gasteiger partial charge in [0, 0.05) is 28.8 Å². The van der Waals surface area contributed by atoms with Gasteiger partial charge in [0.2, 0.25) is 5.91 Å². The fourth-order valence-electron chi connectivity index (χ4n) is 3.25.